The Morgan fingerprint density at radius 2 is 1.47 bits per heavy atom. The molecule has 0 saturated heterocycles. The molecule has 2 aromatic carbocycles. The van der Waals surface area contributed by atoms with Crippen LogP contribution in [0.15, 0.2) is 60.7 Å². The molecule has 2 heteroatoms. The van der Waals surface area contributed by atoms with Crippen LogP contribution in [-0.2, 0) is 4.74 Å². The van der Waals surface area contributed by atoms with Crippen molar-refractivity contribution in [1.29, 1.82) is 0 Å². The van der Waals surface area contributed by atoms with Crippen LogP contribution in [0.4, 0.5) is 0 Å². The first-order chi connectivity index (χ1) is 9.33. The molecule has 1 aliphatic carbocycles. The lowest BCUT2D eigenvalue weighted by molar-refractivity contribution is 0.00210. The molecule has 0 aliphatic heterocycles. The summed E-state index contributed by atoms with van der Waals surface area (Å²) < 4.78 is 5.49. The summed E-state index contributed by atoms with van der Waals surface area (Å²) in [6.45, 7) is 0. The Kier molecular flexibility index (Phi) is 3.32. The van der Waals surface area contributed by atoms with Gasteiger partial charge in [-0.3, -0.25) is 0 Å². The van der Waals surface area contributed by atoms with Gasteiger partial charge in [-0.25, -0.2) is 4.79 Å². The maximum Gasteiger partial charge on any atom is 0.338 e. The van der Waals surface area contributed by atoms with E-state index in [1.165, 1.54) is 5.56 Å². The maximum absolute atomic E-state index is 11.9. The molecule has 0 amide bonds. The van der Waals surface area contributed by atoms with Crippen LogP contribution in [-0.4, -0.2) is 12.1 Å². The van der Waals surface area contributed by atoms with Crippen molar-refractivity contribution in [2.24, 2.45) is 0 Å². The van der Waals surface area contributed by atoms with E-state index in [2.05, 4.69) is 24.3 Å². The molecule has 0 radical (unpaired) electrons. The molecule has 0 N–H and O–H groups in total. The summed E-state index contributed by atoms with van der Waals surface area (Å²) in [6.07, 6.45) is 1.93. The molecule has 0 unspecified atom stereocenters. The third-order valence-corrected chi connectivity index (χ3v) is 3.65. The standard InChI is InChI=1S/C17H16O2/c18-17(14-9-5-2-6-10-14)19-16-11-15(12-16)13-7-3-1-4-8-13/h1-10,15-16H,11-12H2/t15-,16-. The topological polar surface area (TPSA) is 26.3 Å². The minimum atomic E-state index is -0.211. The molecule has 1 fully saturated rings. The van der Waals surface area contributed by atoms with E-state index < -0.39 is 0 Å². The van der Waals surface area contributed by atoms with Gasteiger partial charge in [-0.05, 0) is 36.5 Å². The lowest BCUT2D eigenvalue weighted by Crippen LogP contribution is -2.31. The van der Waals surface area contributed by atoms with Gasteiger partial charge in [0, 0.05) is 0 Å². The summed E-state index contributed by atoms with van der Waals surface area (Å²) in [5.41, 5.74) is 1.97. The largest absolute Gasteiger partial charge is 0.459 e. The summed E-state index contributed by atoms with van der Waals surface area (Å²) in [6, 6.07) is 19.6. The number of carbonyl (C=O) groups excluding carboxylic acids is 1. The molecule has 19 heavy (non-hydrogen) atoms. The van der Waals surface area contributed by atoms with Crippen LogP contribution in [0.1, 0.15) is 34.7 Å². The third kappa shape index (κ3) is 2.68. The number of ether oxygens (including phenoxy) is 1. The van der Waals surface area contributed by atoms with Gasteiger partial charge in [0.1, 0.15) is 6.10 Å². The van der Waals surface area contributed by atoms with Crippen molar-refractivity contribution < 1.29 is 9.53 Å². The molecule has 0 heterocycles. The Hall–Kier alpha value is -2.09. The van der Waals surface area contributed by atoms with Crippen LogP contribution < -0.4 is 0 Å². The van der Waals surface area contributed by atoms with Gasteiger partial charge in [0.05, 0.1) is 5.56 Å². The third-order valence-electron chi connectivity index (χ3n) is 3.65. The number of esters is 1. The average Bonchev–Trinajstić information content (AvgIpc) is 2.44. The van der Waals surface area contributed by atoms with Gasteiger partial charge in [-0.15, -0.1) is 0 Å². The highest BCUT2D eigenvalue weighted by Gasteiger charge is 2.33. The molecule has 1 saturated carbocycles. The van der Waals surface area contributed by atoms with Crippen LogP contribution in [0.3, 0.4) is 0 Å². The lowest BCUT2D eigenvalue weighted by atomic mass is 9.77. The smallest absolute Gasteiger partial charge is 0.338 e. The molecule has 0 atom stereocenters. The van der Waals surface area contributed by atoms with Gasteiger partial charge in [0.15, 0.2) is 0 Å². The SMILES string of the molecule is O=C(O[C@H]1C[C@H](c2ccccc2)C1)c1ccccc1. The van der Waals surface area contributed by atoms with Gasteiger partial charge < -0.3 is 4.74 Å². The van der Waals surface area contributed by atoms with Crippen molar-refractivity contribution in [3.8, 4) is 0 Å². The van der Waals surface area contributed by atoms with E-state index in [0.29, 0.717) is 11.5 Å². The van der Waals surface area contributed by atoms with Crippen molar-refractivity contribution in [2.75, 3.05) is 0 Å². The fourth-order valence-corrected chi connectivity index (χ4v) is 2.45. The van der Waals surface area contributed by atoms with Gasteiger partial charge in [0.25, 0.3) is 0 Å². The van der Waals surface area contributed by atoms with E-state index in [1.54, 1.807) is 12.1 Å². The van der Waals surface area contributed by atoms with Crippen LogP contribution in [0, 0.1) is 0 Å². The molecule has 2 aromatic rings. The van der Waals surface area contributed by atoms with Crippen molar-refractivity contribution in [1.82, 2.24) is 0 Å². The van der Waals surface area contributed by atoms with Crippen molar-refractivity contribution in [3.05, 3.63) is 71.8 Å². The Morgan fingerprint density at radius 3 is 2.11 bits per heavy atom. The van der Waals surface area contributed by atoms with Gasteiger partial charge in [-0.1, -0.05) is 48.5 Å². The summed E-state index contributed by atoms with van der Waals surface area (Å²) in [5, 5.41) is 0. The molecule has 0 spiro atoms. The maximum atomic E-state index is 11.9. The molecule has 96 valence electrons. The highest BCUT2D eigenvalue weighted by atomic mass is 16.5. The average molecular weight is 252 g/mol. The van der Waals surface area contributed by atoms with E-state index in [-0.39, 0.29) is 12.1 Å². The first kappa shape index (κ1) is 12.0. The summed E-state index contributed by atoms with van der Waals surface area (Å²) in [7, 11) is 0. The zero-order valence-corrected chi connectivity index (χ0v) is 10.7. The van der Waals surface area contributed by atoms with E-state index in [1.807, 2.05) is 24.3 Å². The lowest BCUT2D eigenvalue weighted by Gasteiger charge is -2.35. The minimum absolute atomic E-state index is 0.0675. The van der Waals surface area contributed by atoms with E-state index >= 15 is 0 Å². The minimum Gasteiger partial charge on any atom is -0.459 e. The van der Waals surface area contributed by atoms with Gasteiger partial charge in [-0.2, -0.15) is 0 Å². The van der Waals surface area contributed by atoms with Crippen LogP contribution in [0.2, 0.25) is 0 Å². The summed E-state index contributed by atoms with van der Waals surface area (Å²) in [5.74, 6) is 0.326. The summed E-state index contributed by atoms with van der Waals surface area (Å²) in [4.78, 5) is 11.9. The fraction of sp³-hybridized carbons (Fsp3) is 0.235. The van der Waals surface area contributed by atoms with Gasteiger partial charge >= 0.3 is 5.97 Å². The van der Waals surface area contributed by atoms with Gasteiger partial charge in [0.2, 0.25) is 0 Å². The van der Waals surface area contributed by atoms with E-state index in [9.17, 15) is 4.79 Å². The second-order valence-corrected chi connectivity index (χ2v) is 4.97. The second kappa shape index (κ2) is 5.27. The monoisotopic (exact) mass is 252 g/mol. The van der Waals surface area contributed by atoms with Crippen molar-refractivity contribution >= 4 is 5.97 Å². The fourth-order valence-electron chi connectivity index (χ4n) is 2.45. The van der Waals surface area contributed by atoms with Crippen LogP contribution in [0.5, 0.6) is 0 Å². The first-order valence-electron chi connectivity index (χ1n) is 6.64. The van der Waals surface area contributed by atoms with Crippen LogP contribution >= 0.6 is 0 Å². The Morgan fingerprint density at radius 1 is 0.895 bits per heavy atom. The Bertz CT molecular complexity index is 542. The Labute approximate surface area is 113 Å². The highest BCUT2D eigenvalue weighted by Crippen LogP contribution is 2.38. The van der Waals surface area contributed by atoms with E-state index in [0.717, 1.165) is 12.8 Å². The van der Waals surface area contributed by atoms with E-state index in [4.69, 9.17) is 4.74 Å². The molecule has 2 nitrogen and oxygen atoms in total. The first-order valence-corrected chi connectivity index (χ1v) is 6.64. The number of hydrogen-bond acceptors (Lipinski definition) is 2. The predicted molar refractivity (Wildman–Crippen MR) is 74.1 cm³/mol. The quantitative estimate of drug-likeness (QED) is 0.777. The highest BCUT2D eigenvalue weighted by molar-refractivity contribution is 5.89. The zero-order valence-electron chi connectivity index (χ0n) is 10.7. The number of hydrogen-bond donors (Lipinski definition) is 0. The molecule has 0 bridgehead atoms. The van der Waals surface area contributed by atoms with Crippen molar-refractivity contribution in [3.63, 3.8) is 0 Å². The second-order valence-electron chi connectivity index (χ2n) is 4.97. The summed E-state index contributed by atoms with van der Waals surface area (Å²) >= 11 is 0. The van der Waals surface area contributed by atoms with Crippen LogP contribution in [0.25, 0.3) is 0 Å². The molecule has 0 aromatic heterocycles. The number of benzene rings is 2. The normalized spacial score (nSPS) is 21.5. The molecule has 1 aliphatic rings. The number of carbonyl (C=O) groups is 1. The molecular weight excluding hydrogens is 236 g/mol. The Balaban J connectivity index is 1.54. The predicted octanol–water partition coefficient (Wildman–Crippen LogP) is 3.79. The van der Waals surface area contributed by atoms with Crippen molar-refractivity contribution in [2.45, 2.75) is 24.9 Å². The number of rotatable bonds is 3. The molecular formula is C17H16O2. The molecule has 3 rings (SSSR count). The zero-order chi connectivity index (χ0) is 13.1.